The Kier molecular flexibility index (Phi) is 4.67. The lowest BCUT2D eigenvalue weighted by atomic mass is 10.1. The highest BCUT2D eigenvalue weighted by Crippen LogP contribution is 2.24. The minimum absolute atomic E-state index is 0.0678. The van der Waals surface area contributed by atoms with Crippen LogP contribution in [-0.4, -0.2) is 22.7 Å². The van der Waals surface area contributed by atoms with Crippen molar-refractivity contribution in [2.24, 2.45) is 0 Å². The van der Waals surface area contributed by atoms with Crippen molar-refractivity contribution in [3.05, 3.63) is 72.3 Å². The first-order valence-electron chi connectivity index (χ1n) is 8.29. The molecule has 0 aliphatic rings. The van der Waals surface area contributed by atoms with E-state index < -0.39 is 17.5 Å². The van der Waals surface area contributed by atoms with Gasteiger partial charge in [0.05, 0.1) is 5.56 Å². The van der Waals surface area contributed by atoms with Crippen molar-refractivity contribution in [1.29, 1.82) is 0 Å². The number of benzene rings is 3. The Morgan fingerprint density at radius 2 is 1.82 bits per heavy atom. The Balaban J connectivity index is 1.39. The van der Waals surface area contributed by atoms with E-state index in [-0.39, 0.29) is 24.1 Å². The molecule has 1 heterocycles. The van der Waals surface area contributed by atoms with Crippen LogP contribution in [0.5, 0.6) is 5.75 Å². The second-order valence-corrected chi connectivity index (χ2v) is 5.88. The van der Waals surface area contributed by atoms with Gasteiger partial charge < -0.3 is 9.15 Å². The van der Waals surface area contributed by atoms with Gasteiger partial charge in [0.2, 0.25) is 0 Å². The van der Waals surface area contributed by atoms with Gasteiger partial charge in [0.15, 0.2) is 6.61 Å². The zero-order valence-electron chi connectivity index (χ0n) is 14.4. The molecule has 3 aromatic carbocycles. The maximum atomic E-state index is 13.8. The second kappa shape index (κ2) is 7.43. The Hall–Kier alpha value is -3.81. The van der Waals surface area contributed by atoms with Gasteiger partial charge >= 0.3 is 6.01 Å². The topological polar surface area (TPSA) is 77.2 Å². The van der Waals surface area contributed by atoms with Crippen LogP contribution < -0.4 is 10.1 Å². The number of anilines is 1. The van der Waals surface area contributed by atoms with E-state index in [9.17, 15) is 13.6 Å². The third kappa shape index (κ3) is 3.80. The Bertz CT molecular complexity index is 1160. The number of aromatic nitrogens is 2. The van der Waals surface area contributed by atoms with Crippen LogP contribution in [0.3, 0.4) is 0 Å². The van der Waals surface area contributed by atoms with Gasteiger partial charge in [-0.15, -0.1) is 5.10 Å². The highest BCUT2D eigenvalue weighted by atomic mass is 19.1. The van der Waals surface area contributed by atoms with Crippen molar-refractivity contribution >= 4 is 22.7 Å². The van der Waals surface area contributed by atoms with E-state index in [4.69, 9.17) is 9.15 Å². The molecule has 140 valence electrons. The van der Waals surface area contributed by atoms with Crippen LogP contribution in [-0.2, 0) is 4.79 Å². The number of rotatable bonds is 5. The highest BCUT2D eigenvalue weighted by Gasteiger charge is 2.15. The fourth-order valence-corrected chi connectivity index (χ4v) is 2.61. The highest BCUT2D eigenvalue weighted by molar-refractivity contribution is 5.90. The molecule has 0 radical (unpaired) electrons. The van der Waals surface area contributed by atoms with Gasteiger partial charge in [0.1, 0.15) is 17.4 Å². The van der Waals surface area contributed by atoms with E-state index in [0.717, 1.165) is 16.8 Å². The van der Waals surface area contributed by atoms with Crippen molar-refractivity contribution in [2.75, 3.05) is 11.9 Å². The summed E-state index contributed by atoms with van der Waals surface area (Å²) in [4.78, 5) is 12.0. The minimum atomic E-state index is -0.846. The van der Waals surface area contributed by atoms with Crippen molar-refractivity contribution in [2.45, 2.75) is 0 Å². The van der Waals surface area contributed by atoms with Crippen LogP contribution in [0.4, 0.5) is 14.8 Å². The number of nitrogens with one attached hydrogen (secondary N) is 1. The molecular weight excluding hydrogens is 368 g/mol. The number of halogens is 2. The van der Waals surface area contributed by atoms with Crippen LogP contribution >= 0.6 is 0 Å². The molecule has 0 aliphatic heterocycles. The van der Waals surface area contributed by atoms with Crippen LogP contribution in [0.15, 0.2) is 65.1 Å². The van der Waals surface area contributed by atoms with Crippen molar-refractivity contribution in [3.63, 3.8) is 0 Å². The molecule has 0 aliphatic carbocycles. The summed E-state index contributed by atoms with van der Waals surface area (Å²) in [5, 5.41) is 11.7. The molecular formula is C20H13F2N3O3. The fourth-order valence-electron chi connectivity index (χ4n) is 2.61. The quantitative estimate of drug-likeness (QED) is 0.561. The summed E-state index contributed by atoms with van der Waals surface area (Å²) in [5.41, 5.74) is -0.0678. The van der Waals surface area contributed by atoms with Gasteiger partial charge in [-0.25, -0.2) is 8.78 Å². The summed E-state index contributed by atoms with van der Waals surface area (Å²) in [7, 11) is 0. The average Bonchev–Trinajstić information content (AvgIpc) is 3.14. The van der Waals surface area contributed by atoms with Gasteiger partial charge in [-0.3, -0.25) is 10.1 Å². The van der Waals surface area contributed by atoms with E-state index in [1.165, 1.54) is 6.07 Å². The number of ether oxygens (including phenoxy) is 1. The van der Waals surface area contributed by atoms with Gasteiger partial charge in [0, 0.05) is 6.07 Å². The normalized spacial score (nSPS) is 10.8. The predicted molar refractivity (Wildman–Crippen MR) is 97.7 cm³/mol. The molecule has 0 spiro atoms. The predicted octanol–water partition coefficient (Wildman–Crippen LogP) is 4.19. The molecule has 1 aromatic heterocycles. The molecule has 0 atom stereocenters. The number of nitrogens with zero attached hydrogens (tertiary/aromatic N) is 2. The number of carbonyl (C=O) groups is 1. The van der Waals surface area contributed by atoms with E-state index in [2.05, 4.69) is 15.5 Å². The first kappa shape index (κ1) is 17.6. The molecule has 6 nitrogen and oxygen atoms in total. The third-order valence-electron chi connectivity index (χ3n) is 3.92. The van der Waals surface area contributed by atoms with Crippen LogP contribution in [0.1, 0.15) is 0 Å². The van der Waals surface area contributed by atoms with Crippen LogP contribution in [0.25, 0.3) is 22.2 Å². The molecule has 4 rings (SSSR count). The molecule has 0 saturated carbocycles. The molecule has 28 heavy (non-hydrogen) atoms. The average molecular weight is 381 g/mol. The summed E-state index contributed by atoms with van der Waals surface area (Å²) in [6.45, 7) is -0.277. The number of amides is 1. The van der Waals surface area contributed by atoms with Gasteiger partial charge in [-0.2, -0.15) is 0 Å². The molecule has 1 amide bonds. The maximum Gasteiger partial charge on any atom is 0.322 e. The van der Waals surface area contributed by atoms with Gasteiger partial charge in [-0.05, 0) is 35.0 Å². The van der Waals surface area contributed by atoms with Gasteiger partial charge in [-0.1, -0.05) is 35.4 Å². The summed E-state index contributed by atoms with van der Waals surface area (Å²) >= 11 is 0. The number of carbonyl (C=O) groups excluding carboxylic acids is 1. The second-order valence-electron chi connectivity index (χ2n) is 5.88. The standard InChI is InChI=1S/C20H13F2N3O3/c21-14-6-8-16(17(22)10-14)19-24-25-20(28-19)23-18(26)11-27-15-7-5-12-3-1-2-4-13(12)9-15/h1-10H,11H2,(H,23,25,26). The van der Waals surface area contributed by atoms with Gasteiger partial charge in [0.25, 0.3) is 11.8 Å². The zero-order chi connectivity index (χ0) is 19.5. The molecule has 0 bridgehead atoms. The Labute approximate surface area is 157 Å². The van der Waals surface area contributed by atoms with E-state index in [0.29, 0.717) is 11.8 Å². The first-order chi connectivity index (χ1) is 13.6. The van der Waals surface area contributed by atoms with Crippen molar-refractivity contribution in [3.8, 4) is 17.2 Å². The smallest absolute Gasteiger partial charge is 0.322 e. The summed E-state index contributed by atoms with van der Waals surface area (Å²) in [6.07, 6.45) is 0. The molecule has 0 unspecified atom stereocenters. The van der Waals surface area contributed by atoms with E-state index >= 15 is 0 Å². The maximum absolute atomic E-state index is 13.8. The number of fused-ring (bicyclic) bond motifs is 1. The van der Waals surface area contributed by atoms with Crippen molar-refractivity contribution in [1.82, 2.24) is 10.2 Å². The summed E-state index contributed by atoms with van der Waals surface area (Å²) < 4.78 is 37.4. The number of hydrogen-bond donors (Lipinski definition) is 1. The van der Waals surface area contributed by atoms with E-state index in [1.54, 1.807) is 6.07 Å². The SMILES string of the molecule is O=C(COc1ccc2ccccc2c1)Nc1nnc(-c2ccc(F)cc2F)o1. The molecule has 0 saturated heterocycles. The lowest BCUT2D eigenvalue weighted by Gasteiger charge is -2.06. The van der Waals surface area contributed by atoms with E-state index in [1.807, 2.05) is 36.4 Å². The third-order valence-corrected chi connectivity index (χ3v) is 3.92. The molecule has 8 heteroatoms. The molecule has 0 fully saturated rings. The lowest BCUT2D eigenvalue weighted by molar-refractivity contribution is -0.118. The largest absolute Gasteiger partial charge is 0.484 e. The lowest BCUT2D eigenvalue weighted by Crippen LogP contribution is -2.20. The molecule has 4 aromatic rings. The molecule has 1 N–H and O–H groups in total. The van der Waals surface area contributed by atoms with Crippen LogP contribution in [0.2, 0.25) is 0 Å². The fraction of sp³-hybridized carbons (Fsp3) is 0.0500. The van der Waals surface area contributed by atoms with Crippen LogP contribution in [0, 0.1) is 11.6 Å². The first-order valence-corrected chi connectivity index (χ1v) is 8.29. The van der Waals surface area contributed by atoms with Crippen molar-refractivity contribution < 1.29 is 22.7 Å². The Morgan fingerprint density at radius 3 is 2.64 bits per heavy atom. The minimum Gasteiger partial charge on any atom is -0.484 e. The zero-order valence-corrected chi connectivity index (χ0v) is 14.4. The Morgan fingerprint density at radius 1 is 1.00 bits per heavy atom. The number of hydrogen-bond acceptors (Lipinski definition) is 5. The summed E-state index contributed by atoms with van der Waals surface area (Å²) in [5.74, 6) is -1.74. The monoisotopic (exact) mass is 381 g/mol. The summed E-state index contributed by atoms with van der Waals surface area (Å²) in [6, 6.07) is 16.0.